The van der Waals surface area contributed by atoms with Crippen molar-refractivity contribution in [2.45, 2.75) is 18.9 Å². The quantitative estimate of drug-likeness (QED) is 0.712. The Morgan fingerprint density at radius 3 is 2.75 bits per heavy atom. The molecule has 1 atom stereocenters. The van der Waals surface area contributed by atoms with E-state index in [2.05, 4.69) is 4.98 Å². The average molecular weight is 183 g/mol. The minimum absolute atomic E-state index is 0.162. The van der Waals surface area contributed by atoms with Gasteiger partial charge in [0.2, 0.25) is 0 Å². The molecule has 0 aromatic carbocycles. The van der Waals surface area contributed by atoms with E-state index in [9.17, 15) is 0 Å². The van der Waals surface area contributed by atoms with Gasteiger partial charge < -0.3 is 5.73 Å². The third-order valence-corrected chi connectivity index (χ3v) is 2.49. The van der Waals surface area contributed by atoms with Crippen molar-refractivity contribution in [3.05, 3.63) is 29.0 Å². The van der Waals surface area contributed by atoms with Crippen LogP contribution in [0.25, 0.3) is 0 Å². The van der Waals surface area contributed by atoms with Gasteiger partial charge in [0.1, 0.15) is 5.15 Å². The van der Waals surface area contributed by atoms with Crippen molar-refractivity contribution in [3.63, 3.8) is 0 Å². The van der Waals surface area contributed by atoms with E-state index in [0.29, 0.717) is 11.1 Å². The fraction of sp³-hybridized carbons (Fsp3) is 0.444. The predicted octanol–water partition coefficient (Wildman–Crippen LogP) is 2.14. The molecule has 0 aliphatic heterocycles. The smallest absolute Gasteiger partial charge is 0.129 e. The van der Waals surface area contributed by atoms with Crippen LogP contribution < -0.4 is 5.73 Å². The second-order valence-corrected chi connectivity index (χ2v) is 3.66. The molecule has 1 aliphatic carbocycles. The molecule has 12 heavy (non-hydrogen) atoms. The maximum absolute atomic E-state index is 5.97. The normalized spacial score (nSPS) is 19.2. The Hall–Kier alpha value is -0.600. The van der Waals surface area contributed by atoms with E-state index in [4.69, 9.17) is 17.3 Å². The molecule has 2 N–H and O–H groups in total. The zero-order chi connectivity index (χ0) is 8.55. The SMILES string of the molecule is N[C@@H](c1ccc(Cl)nc1)C1CC1. The highest BCUT2D eigenvalue weighted by Gasteiger charge is 2.29. The fourth-order valence-corrected chi connectivity index (χ4v) is 1.42. The second-order valence-electron chi connectivity index (χ2n) is 3.28. The van der Waals surface area contributed by atoms with Gasteiger partial charge in [0.15, 0.2) is 0 Å². The number of halogens is 1. The van der Waals surface area contributed by atoms with Gasteiger partial charge in [-0.1, -0.05) is 17.7 Å². The van der Waals surface area contributed by atoms with Crippen LogP contribution >= 0.6 is 11.6 Å². The largest absolute Gasteiger partial charge is 0.324 e. The number of hydrogen-bond donors (Lipinski definition) is 1. The first kappa shape index (κ1) is 8.02. The lowest BCUT2D eigenvalue weighted by molar-refractivity contribution is 0.631. The van der Waals surface area contributed by atoms with E-state index in [1.165, 1.54) is 12.8 Å². The Bertz CT molecular complexity index is 266. The van der Waals surface area contributed by atoms with E-state index >= 15 is 0 Å². The predicted molar refractivity (Wildman–Crippen MR) is 48.9 cm³/mol. The monoisotopic (exact) mass is 182 g/mol. The molecule has 1 aromatic rings. The molecule has 0 saturated heterocycles. The molecule has 1 aromatic heterocycles. The number of nitrogens with zero attached hydrogens (tertiary/aromatic N) is 1. The van der Waals surface area contributed by atoms with E-state index in [1.807, 2.05) is 6.07 Å². The van der Waals surface area contributed by atoms with Crippen molar-refractivity contribution in [1.29, 1.82) is 0 Å². The minimum Gasteiger partial charge on any atom is -0.324 e. The average Bonchev–Trinajstić information content (AvgIpc) is 2.87. The summed E-state index contributed by atoms with van der Waals surface area (Å²) in [6.45, 7) is 0. The molecule has 1 fully saturated rings. The van der Waals surface area contributed by atoms with Gasteiger partial charge >= 0.3 is 0 Å². The third-order valence-electron chi connectivity index (χ3n) is 2.27. The molecule has 0 amide bonds. The topological polar surface area (TPSA) is 38.9 Å². The molecule has 1 saturated carbocycles. The molecule has 2 rings (SSSR count). The highest BCUT2D eigenvalue weighted by atomic mass is 35.5. The molecule has 0 spiro atoms. The Morgan fingerprint density at radius 1 is 1.50 bits per heavy atom. The molecule has 1 aliphatic rings. The maximum Gasteiger partial charge on any atom is 0.129 e. The molecule has 0 bridgehead atoms. The van der Waals surface area contributed by atoms with Crippen molar-refractivity contribution in [2.75, 3.05) is 0 Å². The maximum atomic E-state index is 5.97. The molecular formula is C9H11ClN2. The summed E-state index contributed by atoms with van der Waals surface area (Å²) in [6, 6.07) is 3.91. The molecular weight excluding hydrogens is 172 g/mol. The van der Waals surface area contributed by atoms with E-state index in [0.717, 1.165) is 5.56 Å². The van der Waals surface area contributed by atoms with Gasteiger partial charge in [0, 0.05) is 12.2 Å². The van der Waals surface area contributed by atoms with Crippen LogP contribution in [0, 0.1) is 5.92 Å². The van der Waals surface area contributed by atoms with E-state index < -0.39 is 0 Å². The van der Waals surface area contributed by atoms with Crippen LogP contribution in [0.1, 0.15) is 24.4 Å². The first-order chi connectivity index (χ1) is 5.77. The van der Waals surface area contributed by atoms with Crippen LogP contribution in [-0.4, -0.2) is 4.98 Å². The van der Waals surface area contributed by atoms with Gasteiger partial charge in [-0.25, -0.2) is 4.98 Å². The Balaban J connectivity index is 2.16. The summed E-state index contributed by atoms with van der Waals surface area (Å²) in [5.74, 6) is 0.674. The molecule has 2 nitrogen and oxygen atoms in total. The van der Waals surface area contributed by atoms with Gasteiger partial charge in [-0.3, -0.25) is 0 Å². The van der Waals surface area contributed by atoms with Gasteiger partial charge in [-0.15, -0.1) is 0 Å². The Kier molecular flexibility index (Phi) is 2.03. The lowest BCUT2D eigenvalue weighted by atomic mass is 10.1. The van der Waals surface area contributed by atoms with Crippen LogP contribution in [-0.2, 0) is 0 Å². The number of pyridine rings is 1. The van der Waals surface area contributed by atoms with Crippen molar-refractivity contribution in [3.8, 4) is 0 Å². The summed E-state index contributed by atoms with van der Waals surface area (Å²) >= 11 is 5.66. The van der Waals surface area contributed by atoms with E-state index in [1.54, 1.807) is 12.3 Å². The van der Waals surface area contributed by atoms with Crippen LogP contribution in [0.5, 0.6) is 0 Å². The second kappa shape index (κ2) is 3.04. The van der Waals surface area contributed by atoms with Crippen molar-refractivity contribution >= 4 is 11.6 Å². The van der Waals surface area contributed by atoms with Crippen LogP contribution in [0.15, 0.2) is 18.3 Å². The Labute approximate surface area is 76.7 Å². The van der Waals surface area contributed by atoms with Crippen molar-refractivity contribution in [2.24, 2.45) is 11.7 Å². The lowest BCUT2D eigenvalue weighted by Crippen LogP contribution is -2.12. The Morgan fingerprint density at radius 2 is 2.25 bits per heavy atom. The zero-order valence-electron chi connectivity index (χ0n) is 6.70. The number of nitrogens with two attached hydrogens (primary N) is 1. The van der Waals surface area contributed by atoms with Gasteiger partial charge in [-0.05, 0) is 30.4 Å². The van der Waals surface area contributed by atoms with Crippen LogP contribution in [0.3, 0.4) is 0 Å². The highest BCUT2D eigenvalue weighted by Crippen LogP contribution is 2.39. The number of rotatable bonds is 2. The van der Waals surface area contributed by atoms with Crippen LogP contribution in [0.2, 0.25) is 5.15 Å². The zero-order valence-corrected chi connectivity index (χ0v) is 7.46. The first-order valence-corrected chi connectivity index (χ1v) is 4.52. The van der Waals surface area contributed by atoms with E-state index in [-0.39, 0.29) is 6.04 Å². The third kappa shape index (κ3) is 1.59. The van der Waals surface area contributed by atoms with Crippen molar-refractivity contribution in [1.82, 2.24) is 4.98 Å². The summed E-state index contributed by atoms with van der Waals surface area (Å²) in [6.07, 6.45) is 4.28. The standard InChI is InChI=1S/C9H11ClN2/c10-8-4-3-7(5-12-8)9(11)6-1-2-6/h3-6,9H,1-2,11H2/t9-/m1/s1. The van der Waals surface area contributed by atoms with Gasteiger partial charge in [0.25, 0.3) is 0 Å². The summed E-state index contributed by atoms with van der Waals surface area (Å²) in [7, 11) is 0. The van der Waals surface area contributed by atoms with Gasteiger partial charge in [-0.2, -0.15) is 0 Å². The first-order valence-electron chi connectivity index (χ1n) is 4.14. The number of aromatic nitrogens is 1. The summed E-state index contributed by atoms with van der Waals surface area (Å²) in [5.41, 5.74) is 7.07. The molecule has 1 heterocycles. The van der Waals surface area contributed by atoms with Gasteiger partial charge in [0.05, 0.1) is 0 Å². The fourth-order valence-electron chi connectivity index (χ4n) is 1.31. The molecule has 3 heteroatoms. The molecule has 0 unspecified atom stereocenters. The lowest BCUT2D eigenvalue weighted by Gasteiger charge is -2.08. The molecule has 0 radical (unpaired) electrons. The molecule has 64 valence electrons. The minimum atomic E-state index is 0.162. The highest BCUT2D eigenvalue weighted by molar-refractivity contribution is 6.29. The summed E-state index contributed by atoms with van der Waals surface area (Å²) < 4.78 is 0. The summed E-state index contributed by atoms with van der Waals surface area (Å²) in [5, 5.41) is 0.529. The van der Waals surface area contributed by atoms with Crippen LogP contribution in [0.4, 0.5) is 0 Å². The van der Waals surface area contributed by atoms with Crippen molar-refractivity contribution < 1.29 is 0 Å². The summed E-state index contributed by atoms with van der Waals surface area (Å²) in [4.78, 5) is 4.00. The number of hydrogen-bond acceptors (Lipinski definition) is 2.